The summed E-state index contributed by atoms with van der Waals surface area (Å²) in [4.78, 5) is 12.4. The monoisotopic (exact) mass is 311 g/mol. The Bertz CT molecular complexity index is 652. The van der Waals surface area contributed by atoms with E-state index in [0.717, 1.165) is 6.42 Å². The van der Waals surface area contributed by atoms with E-state index < -0.39 is 6.10 Å². The lowest BCUT2D eigenvalue weighted by Gasteiger charge is -2.22. The summed E-state index contributed by atoms with van der Waals surface area (Å²) in [6.07, 6.45) is 0.311. The molecular weight excluding hydrogens is 286 g/mol. The molecule has 3 nitrogen and oxygen atoms in total. The van der Waals surface area contributed by atoms with Gasteiger partial charge in [-0.05, 0) is 50.5 Å². The molecule has 0 fully saturated rings. The van der Waals surface area contributed by atoms with Crippen LogP contribution in [0.15, 0.2) is 48.5 Å². The van der Waals surface area contributed by atoms with Crippen molar-refractivity contribution in [2.75, 3.05) is 0 Å². The Morgan fingerprint density at radius 3 is 2.43 bits per heavy atom. The number of hydrogen-bond acceptors (Lipinski definition) is 2. The highest BCUT2D eigenvalue weighted by atomic mass is 16.5. The van der Waals surface area contributed by atoms with E-state index in [2.05, 4.69) is 44.3 Å². The lowest BCUT2D eigenvalue weighted by Crippen LogP contribution is -2.38. The van der Waals surface area contributed by atoms with E-state index in [-0.39, 0.29) is 11.9 Å². The van der Waals surface area contributed by atoms with Crippen molar-refractivity contribution < 1.29 is 9.53 Å². The number of carbonyl (C=O) groups is 1. The zero-order chi connectivity index (χ0) is 16.8. The number of nitrogens with one attached hydrogen (secondary N) is 1. The topological polar surface area (TPSA) is 38.3 Å². The lowest BCUT2D eigenvalue weighted by atomic mass is 9.97. The predicted octanol–water partition coefficient (Wildman–Crippen LogP) is 4.34. The van der Waals surface area contributed by atoms with E-state index in [1.807, 2.05) is 30.3 Å². The number of aryl methyl sites for hydroxylation is 2. The minimum absolute atomic E-state index is 0.00456. The average molecular weight is 311 g/mol. The summed E-state index contributed by atoms with van der Waals surface area (Å²) in [5.74, 6) is 0.607. The average Bonchev–Trinajstić information content (AvgIpc) is 2.54. The van der Waals surface area contributed by atoms with E-state index in [0.29, 0.717) is 5.75 Å². The molecule has 0 aliphatic carbocycles. The summed E-state index contributed by atoms with van der Waals surface area (Å²) in [5.41, 5.74) is 3.60. The van der Waals surface area contributed by atoms with Crippen LogP contribution in [0.5, 0.6) is 5.75 Å². The summed E-state index contributed by atoms with van der Waals surface area (Å²) < 4.78 is 5.69. The minimum atomic E-state index is -0.530. The fourth-order valence-electron chi connectivity index (χ4n) is 2.66. The van der Waals surface area contributed by atoms with E-state index in [1.54, 1.807) is 6.92 Å². The first-order valence-corrected chi connectivity index (χ1v) is 8.10. The highest BCUT2D eigenvalue weighted by Crippen LogP contribution is 2.22. The van der Waals surface area contributed by atoms with E-state index >= 15 is 0 Å². The third-order valence-corrected chi connectivity index (χ3v) is 3.95. The Morgan fingerprint density at radius 1 is 1.13 bits per heavy atom. The lowest BCUT2D eigenvalue weighted by molar-refractivity contribution is -0.128. The van der Waals surface area contributed by atoms with Crippen molar-refractivity contribution >= 4 is 5.91 Å². The molecule has 1 N–H and O–H groups in total. The molecule has 0 heterocycles. The van der Waals surface area contributed by atoms with Crippen LogP contribution in [0.25, 0.3) is 0 Å². The predicted molar refractivity (Wildman–Crippen MR) is 93.6 cm³/mol. The molecule has 0 radical (unpaired) electrons. The van der Waals surface area contributed by atoms with E-state index in [9.17, 15) is 4.79 Å². The van der Waals surface area contributed by atoms with Crippen molar-refractivity contribution in [2.24, 2.45) is 0 Å². The molecule has 1 amide bonds. The van der Waals surface area contributed by atoms with E-state index in [1.165, 1.54) is 16.7 Å². The van der Waals surface area contributed by atoms with Gasteiger partial charge in [0.1, 0.15) is 5.75 Å². The quantitative estimate of drug-likeness (QED) is 0.862. The van der Waals surface area contributed by atoms with Crippen LogP contribution in [0.4, 0.5) is 0 Å². The molecule has 0 saturated carbocycles. The van der Waals surface area contributed by atoms with Gasteiger partial charge in [-0.2, -0.15) is 0 Å². The van der Waals surface area contributed by atoms with Crippen LogP contribution in [0.2, 0.25) is 0 Å². The molecule has 2 aromatic rings. The molecule has 23 heavy (non-hydrogen) atoms. The number of para-hydroxylation sites is 1. The Hall–Kier alpha value is -2.29. The summed E-state index contributed by atoms with van der Waals surface area (Å²) in [6, 6.07) is 15.7. The SMILES string of the molecule is CC[C@@H](NC(=O)[C@H](C)Oc1ccccc1)c1ccc(C)cc1C. The highest BCUT2D eigenvalue weighted by Gasteiger charge is 2.20. The summed E-state index contributed by atoms with van der Waals surface area (Å²) in [6.45, 7) is 8.01. The Kier molecular flexibility index (Phi) is 5.80. The third kappa shape index (κ3) is 4.59. The molecule has 0 bridgehead atoms. The van der Waals surface area contributed by atoms with Gasteiger partial charge in [0.05, 0.1) is 6.04 Å². The van der Waals surface area contributed by atoms with Crippen molar-refractivity contribution in [1.29, 1.82) is 0 Å². The van der Waals surface area contributed by atoms with Crippen molar-refractivity contribution in [3.63, 3.8) is 0 Å². The van der Waals surface area contributed by atoms with Crippen LogP contribution >= 0.6 is 0 Å². The summed E-state index contributed by atoms with van der Waals surface area (Å²) >= 11 is 0. The number of rotatable bonds is 6. The molecule has 122 valence electrons. The molecule has 2 atom stereocenters. The second-order valence-corrected chi connectivity index (χ2v) is 5.90. The second-order valence-electron chi connectivity index (χ2n) is 5.90. The maximum atomic E-state index is 12.4. The van der Waals surface area contributed by atoms with Gasteiger partial charge in [0.25, 0.3) is 5.91 Å². The van der Waals surface area contributed by atoms with Crippen LogP contribution in [-0.2, 0) is 4.79 Å². The zero-order valence-electron chi connectivity index (χ0n) is 14.3. The van der Waals surface area contributed by atoms with Gasteiger partial charge in [-0.3, -0.25) is 4.79 Å². The molecule has 0 unspecified atom stereocenters. The molecule has 0 aliphatic rings. The van der Waals surface area contributed by atoms with Crippen molar-refractivity contribution in [1.82, 2.24) is 5.32 Å². The first-order chi connectivity index (χ1) is 11.0. The standard InChI is InChI=1S/C20H25NO2/c1-5-19(18-12-11-14(2)13-15(18)3)21-20(22)16(4)23-17-9-7-6-8-10-17/h6-13,16,19H,5H2,1-4H3,(H,21,22)/t16-,19+/m0/s1. The Morgan fingerprint density at radius 2 is 1.83 bits per heavy atom. The van der Waals surface area contributed by atoms with Gasteiger partial charge in [0.15, 0.2) is 6.10 Å². The van der Waals surface area contributed by atoms with Gasteiger partial charge in [0, 0.05) is 0 Å². The molecule has 0 spiro atoms. The fourth-order valence-corrected chi connectivity index (χ4v) is 2.66. The van der Waals surface area contributed by atoms with Crippen LogP contribution in [0.1, 0.15) is 43.0 Å². The normalized spacial score (nSPS) is 13.2. The van der Waals surface area contributed by atoms with Crippen LogP contribution in [-0.4, -0.2) is 12.0 Å². The fraction of sp³-hybridized carbons (Fsp3) is 0.350. The summed E-state index contributed by atoms with van der Waals surface area (Å²) in [5, 5.41) is 3.10. The van der Waals surface area contributed by atoms with E-state index in [4.69, 9.17) is 4.74 Å². The van der Waals surface area contributed by atoms with Crippen LogP contribution < -0.4 is 10.1 Å². The van der Waals surface area contributed by atoms with Gasteiger partial charge in [0.2, 0.25) is 0 Å². The van der Waals surface area contributed by atoms with Crippen LogP contribution in [0.3, 0.4) is 0 Å². The molecule has 2 aromatic carbocycles. The minimum Gasteiger partial charge on any atom is -0.481 e. The maximum absolute atomic E-state index is 12.4. The maximum Gasteiger partial charge on any atom is 0.261 e. The first kappa shape index (κ1) is 17.1. The van der Waals surface area contributed by atoms with Gasteiger partial charge in [-0.15, -0.1) is 0 Å². The van der Waals surface area contributed by atoms with Crippen molar-refractivity contribution in [3.05, 3.63) is 65.2 Å². The molecular formula is C20H25NO2. The molecule has 0 saturated heterocycles. The number of amides is 1. The van der Waals surface area contributed by atoms with Gasteiger partial charge >= 0.3 is 0 Å². The third-order valence-electron chi connectivity index (χ3n) is 3.95. The molecule has 0 aromatic heterocycles. The smallest absolute Gasteiger partial charge is 0.261 e. The number of benzene rings is 2. The van der Waals surface area contributed by atoms with Gasteiger partial charge in [-0.1, -0.05) is 48.9 Å². The highest BCUT2D eigenvalue weighted by molar-refractivity contribution is 5.81. The van der Waals surface area contributed by atoms with Crippen molar-refractivity contribution in [2.45, 2.75) is 46.3 Å². The van der Waals surface area contributed by atoms with Gasteiger partial charge in [-0.25, -0.2) is 0 Å². The first-order valence-electron chi connectivity index (χ1n) is 8.10. The number of carbonyl (C=O) groups excluding carboxylic acids is 1. The molecule has 0 aliphatic heterocycles. The Labute approximate surface area is 138 Å². The number of hydrogen-bond donors (Lipinski definition) is 1. The summed E-state index contributed by atoms with van der Waals surface area (Å²) in [7, 11) is 0. The molecule has 2 rings (SSSR count). The van der Waals surface area contributed by atoms with Gasteiger partial charge < -0.3 is 10.1 Å². The number of ether oxygens (including phenoxy) is 1. The van der Waals surface area contributed by atoms with Crippen LogP contribution in [0, 0.1) is 13.8 Å². The second kappa shape index (κ2) is 7.82. The largest absolute Gasteiger partial charge is 0.481 e. The Balaban J connectivity index is 2.04. The zero-order valence-corrected chi connectivity index (χ0v) is 14.3. The van der Waals surface area contributed by atoms with Crippen molar-refractivity contribution in [3.8, 4) is 5.75 Å². The molecule has 3 heteroatoms.